The lowest BCUT2D eigenvalue weighted by molar-refractivity contribution is -0.384. The summed E-state index contributed by atoms with van der Waals surface area (Å²) in [6, 6.07) is 6.58. The van der Waals surface area contributed by atoms with Crippen LogP contribution in [0.4, 0.5) is 25.8 Å². The first kappa shape index (κ1) is 14.4. The van der Waals surface area contributed by atoms with Gasteiger partial charge in [-0.3, -0.25) is 10.1 Å². The summed E-state index contributed by atoms with van der Waals surface area (Å²) in [6.45, 7) is 1.48. The summed E-state index contributed by atoms with van der Waals surface area (Å²) in [7, 11) is 0. The summed E-state index contributed by atoms with van der Waals surface area (Å²) in [5, 5.41) is 13.4. The van der Waals surface area contributed by atoms with Crippen molar-refractivity contribution in [3.63, 3.8) is 0 Å². The first-order valence-corrected chi connectivity index (χ1v) is 6.35. The lowest BCUT2D eigenvalue weighted by Crippen LogP contribution is -2.02. The van der Waals surface area contributed by atoms with E-state index in [9.17, 15) is 18.9 Å². The Bertz CT molecular complexity index is 692. The number of benzene rings is 2. The largest absolute Gasteiger partial charge is 0.345 e. The molecule has 2 aromatic carbocycles. The number of nitrogens with one attached hydrogen (secondary N) is 1. The fraction of sp³-hybridized carbons (Fsp3) is 0.0769. The van der Waals surface area contributed by atoms with E-state index in [1.165, 1.54) is 25.1 Å². The van der Waals surface area contributed by atoms with Crippen LogP contribution in [0.15, 0.2) is 34.8 Å². The number of anilines is 2. The number of rotatable bonds is 3. The molecule has 0 saturated carbocycles. The molecule has 0 heterocycles. The minimum atomic E-state index is -0.815. The van der Waals surface area contributed by atoms with Gasteiger partial charge in [-0.25, -0.2) is 8.78 Å². The molecule has 0 aliphatic rings. The highest BCUT2D eigenvalue weighted by Crippen LogP contribution is 2.33. The predicted molar refractivity (Wildman–Crippen MR) is 75.2 cm³/mol. The minimum Gasteiger partial charge on any atom is -0.345 e. The molecular weight excluding hydrogens is 334 g/mol. The van der Waals surface area contributed by atoms with E-state index in [1.807, 2.05) is 0 Å². The Hall–Kier alpha value is -2.02. The standard InChI is InChI=1S/C13H9BrF2N2O2/c1-7-2-4-9(15)13(12(7)16)17-10-5-3-8(14)6-11(10)18(19)20/h2-6,17H,1H3. The first-order valence-electron chi connectivity index (χ1n) is 5.55. The zero-order chi connectivity index (χ0) is 14.9. The number of nitro benzene ring substituents is 1. The van der Waals surface area contributed by atoms with Crippen molar-refractivity contribution in [2.24, 2.45) is 0 Å². The van der Waals surface area contributed by atoms with Crippen LogP contribution in [0.3, 0.4) is 0 Å². The summed E-state index contributed by atoms with van der Waals surface area (Å²) < 4.78 is 28.0. The minimum absolute atomic E-state index is 0.0154. The van der Waals surface area contributed by atoms with Gasteiger partial charge in [-0.15, -0.1) is 0 Å². The molecule has 20 heavy (non-hydrogen) atoms. The van der Waals surface area contributed by atoms with Gasteiger partial charge in [0, 0.05) is 10.5 Å². The second kappa shape index (κ2) is 5.54. The average molecular weight is 343 g/mol. The van der Waals surface area contributed by atoms with Crippen LogP contribution in [0.1, 0.15) is 5.56 Å². The summed E-state index contributed by atoms with van der Waals surface area (Å²) >= 11 is 3.11. The number of hydrogen-bond acceptors (Lipinski definition) is 3. The molecule has 1 N–H and O–H groups in total. The van der Waals surface area contributed by atoms with E-state index in [0.29, 0.717) is 4.47 Å². The van der Waals surface area contributed by atoms with E-state index in [2.05, 4.69) is 21.2 Å². The molecule has 0 aliphatic carbocycles. The third-order valence-corrected chi connectivity index (χ3v) is 3.19. The Labute approximate surface area is 121 Å². The lowest BCUT2D eigenvalue weighted by atomic mass is 10.2. The molecule has 0 atom stereocenters. The van der Waals surface area contributed by atoms with Gasteiger partial charge in [-0.05, 0) is 30.7 Å². The normalized spacial score (nSPS) is 10.4. The van der Waals surface area contributed by atoms with Crippen molar-refractivity contribution in [3.8, 4) is 0 Å². The summed E-state index contributed by atoms with van der Waals surface area (Å²) in [4.78, 5) is 10.3. The highest BCUT2D eigenvalue weighted by molar-refractivity contribution is 9.10. The summed E-state index contributed by atoms with van der Waals surface area (Å²) in [6.07, 6.45) is 0. The molecule has 4 nitrogen and oxygen atoms in total. The molecule has 0 spiro atoms. The zero-order valence-corrected chi connectivity index (χ0v) is 11.9. The van der Waals surface area contributed by atoms with Crippen molar-refractivity contribution in [1.82, 2.24) is 0 Å². The number of nitrogens with zero attached hydrogens (tertiary/aromatic N) is 1. The molecule has 0 saturated heterocycles. The predicted octanol–water partition coefficient (Wildman–Crippen LogP) is 4.69. The van der Waals surface area contributed by atoms with Gasteiger partial charge in [0.25, 0.3) is 5.69 Å². The fourth-order valence-electron chi connectivity index (χ4n) is 1.67. The lowest BCUT2D eigenvalue weighted by Gasteiger charge is -2.10. The van der Waals surface area contributed by atoms with Crippen LogP contribution in [0.2, 0.25) is 0 Å². The summed E-state index contributed by atoms with van der Waals surface area (Å²) in [5.74, 6) is -1.59. The van der Waals surface area contributed by atoms with E-state index in [1.54, 1.807) is 6.07 Å². The molecule has 0 aliphatic heterocycles. The molecule has 0 fully saturated rings. The Kier molecular flexibility index (Phi) is 3.99. The second-order valence-electron chi connectivity index (χ2n) is 4.10. The maximum Gasteiger partial charge on any atom is 0.293 e. The van der Waals surface area contributed by atoms with Crippen LogP contribution in [-0.4, -0.2) is 4.92 Å². The SMILES string of the molecule is Cc1ccc(F)c(Nc2ccc(Br)cc2[N+](=O)[O-])c1F. The van der Waals surface area contributed by atoms with Crippen LogP contribution < -0.4 is 5.32 Å². The third-order valence-electron chi connectivity index (χ3n) is 2.70. The molecule has 0 amide bonds. The average Bonchev–Trinajstić information content (AvgIpc) is 2.40. The second-order valence-corrected chi connectivity index (χ2v) is 5.01. The smallest absolute Gasteiger partial charge is 0.293 e. The highest BCUT2D eigenvalue weighted by atomic mass is 79.9. The van der Waals surface area contributed by atoms with Crippen molar-refractivity contribution in [3.05, 3.63) is 62.1 Å². The molecule has 2 aromatic rings. The van der Waals surface area contributed by atoms with Gasteiger partial charge < -0.3 is 5.32 Å². The van der Waals surface area contributed by atoms with Crippen molar-refractivity contribution in [2.45, 2.75) is 6.92 Å². The van der Waals surface area contributed by atoms with Crippen LogP contribution in [-0.2, 0) is 0 Å². The van der Waals surface area contributed by atoms with Gasteiger partial charge in [0.05, 0.1) is 4.92 Å². The van der Waals surface area contributed by atoms with Crippen molar-refractivity contribution in [2.75, 3.05) is 5.32 Å². The molecule has 2 rings (SSSR count). The molecule has 104 valence electrons. The van der Waals surface area contributed by atoms with E-state index in [4.69, 9.17) is 0 Å². The Morgan fingerprint density at radius 2 is 1.95 bits per heavy atom. The van der Waals surface area contributed by atoms with Gasteiger partial charge in [-0.2, -0.15) is 0 Å². The zero-order valence-electron chi connectivity index (χ0n) is 10.3. The highest BCUT2D eigenvalue weighted by Gasteiger charge is 2.18. The monoisotopic (exact) mass is 342 g/mol. The molecule has 0 unspecified atom stereocenters. The molecule has 7 heteroatoms. The Morgan fingerprint density at radius 1 is 1.25 bits per heavy atom. The van der Waals surface area contributed by atoms with E-state index < -0.39 is 22.2 Å². The van der Waals surface area contributed by atoms with Crippen molar-refractivity contribution in [1.29, 1.82) is 0 Å². The maximum absolute atomic E-state index is 13.9. The molecule has 0 radical (unpaired) electrons. The fourth-order valence-corrected chi connectivity index (χ4v) is 2.02. The van der Waals surface area contributed by atoms with Gasteiger partial charge >= 0.3 is 0 Å². The number of halogens is 3. The van der Waals surface area contributed by atoms with E-state index in [0.717, 1.165) is 6.07 Å². The summed E-state index contributed by atoms with van der Waals surface area (Å²) in [5.41, 5.74) is -0.426. The molecule has 0 bridgehead atoms. The first-order chi connectivity index (χ1) is 9.40. The molecular formula is C13H9BrF2N2O2. The number of aryl methyl sites for hydroxylation is 1. The molecule has 0 aromatic heterocycles. The number of nitro groups is 1. The third kappa shape index (κ3) is 2.77. The van der Waals surface area contributed by atoms with Crippen LogP contribution in [0.5, 0.6) is 0 Å². The maximum atomic E-state index is 13.9. The Morgan fingerprint density at radius 3 is 2.60 bits per heavy atom. The topological polar surface area (TPSA) is 55.2 Å². The van der Waals surface area contributed by atoms with Gasteiger partial charge in [0.1, 0.15) is 17.2 Å². The van der Waals surface area contributed by atoms with Crippen molar-refractivity contribution < 1.29 is 13.7 Å². The van der Waals surface area contributed by atoms with Crippen LogP contribution in [0, 0.1) is 28.7 Å². The van der Waals surface area contributed by atoms with Crippen LogP contribution >= 0.6 is 15.9 Å². The van der Waals surface area contributed by atoms with E-state index >= 15 is 0 Å². The Balaban J connectivity index is 2.51. The number of hydrogen-bond donors (Lipinski definition) is 1. The van der Waals surface area contributed by atoms with Gasteiger partial charge in [0.2, 0.25) is 0 Å². The van der Waals surface area contributed by atoms with Gasteiger partial charge in [-0.1, -0.05) is 22.0 Å². The van der Waals surface area contributed by atoms with E-state index in [-0.39, 0.29) is 16.9 Å². The van der Waals surface area contributed by atoms with Crippen molar-refractivity contribution >= 4 is 33.0 Å². The quantitative estimate of drug-likeness (QED) is 0.650. The van der Waals surface area contributed by atoms with Crippen LogP contribution in [0.25, 0.3) is 0 Å². The van der Waals surface area contributed by atoms with Gasteiger partial charge in [0.15, 0.2) is 5.82 Å².